The third-order valence-corrected chi connectivity index (χ3v) is 4.73. The number of fused-ring (bicyclic) bond motifs is 1. The lowest BCUT2D eigenvalue weighted by atomic mass is 10.0. The first kappa shape index (κ1) is 17.4. The van der Waals surface area contributed by atoms with Gasteiger partial charge in [0.1, 0.15) is 17.2 Å². The SMILES string of the molecule is CCOC(=O)c1[nH]c2cc(O)cc(Cc3ccc(OC)cc3)c2c1Br. The van der Waals surface area contributed by atoms with Gasteiger partial charge in [0.2, 0.25) is 0 Å². The van der Waals surface area contributed by atoms with Gasteiger partial charge in [-0.05, 0) is 58.6 Å². The molecule has 5 nitrogen and oxygen atoms in total. The van der Waals surface area contributed by atoms with Gasteiger partial charge in [-0.2, -0.15) is 0 Å². The summed E-state index contributed by atoms with van der Waals surface area (Å²) in [4.78, 5) is 15.1. The van der Waals surface area contributed by atoms with Crippen molar-refractivity contribution < 1.29 is 19.4 Å². The van der Waals surface area contributed by atoms with Gasteiger partial charge in [-0.3, -0.25) is 0 Å². The van der Waals surface area contributed by atoms with Gasteiger partial charge in [-0.15, -0.1) is 0 Å². The van der Waals surface area contributed by atoms with Gasteiger partial charge in [-0.1, -0.05) is 12.1 Å². The second kappa shape index (κ2) is 7.19. The summed E-state index contributed by atoms with van der Waals surface area (Å²) in [5.74, 6) is 0.498. The minimum atomic E-state index is -0.430. The van der Waals surface area contributed by atoms with Crippen molar-refractivity contribution in [2.75, 3.05) is 13.7 Å². The molecule has 2 N–H and O–H groups in total. The molecule has 1 aromatic heterocycles. The number of benzene rings is 2. The summed E-state index contributed by atoms with van der Waals surface area (Å²) in [5.41, 5.74) is 2.99. The van der Waals surface area contributed by atoms with Gasteiger partial charge in [0.25, 0.3) is 0 Å². The van der Waals surface area contributed by atoms with Gasteiger partial charge >= 0.3 is 5.97 Å². The number of phenolic OH excluding ortho intramolecular Hbond substituents is 1. The van der Waals surface area contributed by atoms with Crippen LogP contribution < -0.4 is 4.74 Å². The van der Waals surface area contributed by atoms with E-state index in [2.05, 4.69) is 20.9 Å². The number of hydrogen-bond acceptors (Lipinski definition) is 4. The highest BCUT2D eigenvalue weighted by molar-refractivity contribution is 9.10. The monoisotopic (exact) mass is 403 g/mol. The first-order valence-corrected chi connectivity index (χ1v) is 8.66. The number of H-pyrrole nitrogens is 1. The van der Waals surface area contributed by atoms with Crippen LogP contribution in [0.4, 0.5) is 0 Å². The van der Waals surface area contributed by atoms with Crippen LogP contribution in [-0.4, -0.2) is 29.8 Å². The topological polar surface area (TPSA) is 71.6 Å². The zero-order valence-electron chi connectivity index (χ0n) is 13.9. The van der Waals surface area contributed by atoms with E-state index in [1.165, 1.54) is 0 Å². The molecule has 0 atom stereocenters. The van der Waals surface area contributed by atoms with Crippen LogP contribution in [0.25, 0.3) is 10.9 Å². The number of rotatable bonds is 5. The van der Waals surface area contributed by atoms with Crippen molar-refractivity contribution in [1.29, 1.82) is 0 Å². The molecule has 0 bridgehead atoms. The van der Waals surface area contributed by atoms with E-state index >= 15 is 0 Å². The maximum Gasteiger partial charge on any atom is 0.355 e. The number of aromatic nitrogens is 1. The van der Waals surface area contributed by atoms with E-state index in [9.17, 15) is 9.90 Å². The quantitative estimate of drug-likeness (QED) is 0.618. The second-order valence-corrected chi connectivity index (χ2v) is 6.38. The third-order valence-electron chi connectivity index (χ3n) is 3.94. The molecule has 0 unspecified atom stereocenters. The Morgan fingerprint density at radius 2 is 1.96 bits per heavy atom. The van der Waals surface area contributed by atoms with E-state index in [4.69, 9.17) is 9.47 Å². The van der Waals surface area contributed by atoms with Crippen LogP contribution in [0.15, 0.2) is 40.9 Å². The Bertz CT molecular complexity index is 915. The Morgan fingerprint density at radius 3 is 2.60 bits per heavy atom. The summed E-state index contributed by atoms with van der Waals surface area (Å²) in [6, 6.07) is 11.0. The number of carbonyl (C=O) groups is 1. The summed E-state index contributed by atoms with van der Waals surface area (Å²) in [7, 11) is 1.63. The Labute approximate surface area is 153 Å². The van der Waals surface area contributed by atoms with Crippen LogP contribution in [0, 0.1) is 0 Å². The average molecular weight is 404 g/mol. The van der Waals surface area contributed by atoms with E-state index in [0.29, 0.717) is 28.7 Å². The number of aromatic amines is 1. The molecule has 2 aromatic carbocycles. The minimum Gasteiger partial charge on any atom is -0.508 e. The fraction of sp³-hybridized carbons (Fsp3) is 0.211. The number of phenols is 1. The molecular weight excluding hydrogens is 386 g/mol. The van der Waals surface area contributed by atoms with Crippen LogP contribution in [0.5, 0.6) is 11.5 Å². The molecule has 3 aromatic rings. The summed E-state index contributed by atoms with van der Waals surface area (Å²) in [6.07, 6.45) is 0.605. The highest BCUT2D eigenvalue weighted by Gasteiger charge is 2.20. The Kier molecular flexibility index (Phi) is 4.99. The maximum absolute atomic E-state index is 12.1. The number of esters is 1. The first-order valence-electron chi connectivity index (χ1n) is 7.86. The molecule has 0 aliphatic heterocycles. The largest absolute Gasteiger partial charge is 0.508 e. The predicted octanol–water partition coefficient (Wildman–Crippen LogP) is 4.41. The van der Waals surface area contributed by atoms with E-state index < -0.39 is 5.97 Å². The van der Waals surface area contributed by atoms with Gasteiger partial charge in [0.15, 0.2) is 0 Å². The fourth-order valence-electron chi connectivity index (χ4n) is 2.80. The van der Waals surface area contributed by atoms with E-state index in [0.717, 1.165) is 22.3 Å². The molecular formula is C19H18BrNO4. The highest BCUT2D eigenvalue weighted by Crippen LogP contribution is 2.35. The lowest BCUT2D eigenvalue weighted by molar-refractivity contribution is 0.0519. The number of hydrogen-bond donors (Lipinski definition) is 2. The predicted molar refractivity (Wildman–Crippen MR) is 99.4 cm³/mol. The van der Waals surface area contributed by atoms with Crippen LogP contribution in [0.2, 0.25) is 0 Å². The number of methoxy groups -OCH3 is 1. The molecule has 25 heavy (non-hydrogen) atoms. The second-order valence-electron chi connectivity index (χ2n) is 5.59. The lowest BCUT2D eigenvalue weighted by Gasteiger charge is -2.07. The molecule has 130 valence electrons. The standard InChI is InChI=1S/C19H18BrNO4/c1-3-25-19(23)18-17(20)16-12(9-13(22)10-15(16)21-18)8-11-4-6-14(24-2)7-5-11/h4-7,9-10,21-22H,3,8H2,1-2H3. The zero-order valence-corrected chi connectivity index (χ0v) is 15.5. The molecule has 0 aliphatic rings. The summed E-state index contributed by atoms with van der Waals surface area (Å²) in [6.45, 7) is 2.06. The van der Waals surface area contributed by atoms with Crippen LogP contribution in [0.3, 0.4) is 0 Å². The molecule has 0 radical (unpaired) electrons. The lowest BCUT2D eigenvalue weighted by Crippen LogP contribution is -2.05. The average Bonchev–Trinajstić information content (AvgIpc) is 2.92. The van der Waals surface area contributed by atoms with Crippen molar-refractivity contribution in [3.63, 3.8) is 0 Å². The zero-order chi connectivity index (χ0) is 18.0. The van der Waals surface area contributed by atoms with Crippen molar-refractivity contribution in [1.82, 2.24) is 4.98 Å². The smallest absolute Gasteiger partial charge is 0.355 e. The molecule has 0 fully saturated rings. The molecule has 0 spiro atoms. The van der Waals surface area contributed by atoms with E-state index in [1.54, 1.807) is 26.2 Å². The van der Waals surface area contributed by atoms with E-state index in [-0.39, 0.29) is 5.75 Å². The van der Waals surface area contributed by atoms with Gasteiger partial charge in [0, 0.05) is 11.5 Å². The number of ether oxygens (including phenoxy) is 2. The van der Waals surface area contributed by atoms with Crippen molar-refractivity contribution in [3.8, 4) is 11.5 Å². The Balaban J connectivity index is 2.05. The summed E-state index contributed by atoms with van der Waals surface area (Å²) in [5, 5.41) is 10.9. The number of nitrogens with one attached hydrogen (secondary N) is 1. The molecule has 0 saturated carbocycles. The van der Waals surface area contributed by atoms with Crippen molar-refractivity contribution in [2.24, 2.45) is 0 Å². The van der Waals surface area contributed by atoms with Crippen molar-refractivity contribution >= 4 is 32.8 Å². The Morgan fingerprint density at radius 1 is 1.24 bits per heavy atom. The van der Waals surface area contributed by atoms with Gasteiger partial charge in [0.05, 0.1) is 23.7 Å². The highest BCUT2D eigenvalue weighted by atomic mass is 79.9. The molecule has 6 heteroatoms. The molecule has 0 aliphatic carbocycles. The van der Waals surface area contributed by atoms with Crippen molar-refractivity contribution in [2.45, 2.75) is 13.3 Å². The van der Waals surface area contributed by atoms with Crippen molar-refractivity contribution in [3.05, 3.63) is 57.7 Å². The van der Waals surface area contributed by atoms with Gasteiger partial charge in [-0.25, -0.2) is 4.79 Å². The fourth-order valence-corrected chi connectivity index (χ4v) is 3.53. The summed E-state index contributed by atoms with van der Waals surface area (Å²) < 4.78 is 10.9. The van der Waals surface area contributed by atoms with E-state index in [1.807, 2.05) is 24.3 Å². The first-order chi connectivity index (χ1) is 12.0. The number of aromatic hydroxyl groups is 1. The Hall–Kier alpha value is -2.47. The third kappa shape index (κ3) is 3.49. The molecule has 0 amide bonds. The number of carbonyl (C=O) groups excluding carboxylic acids is 1. The molecule has 0 saturated heterocycles. The van der Waals surface area contributed by atoms with Crippen LogP contribution in [0.1, 0.15) is 28.5 Å². The van der Waals surface area contributed by atoms with Gasteiger partial charge < -0.3 is 19.6 Å². The molecule has 1 heterocycles. The van der Waals surface area contributed by atoms with Crippen LogP contribution >= 0.6 is 15.9 Å². The number of halogens is 1. The molecule has 3 rings (SSSR count). The summed E-state index contributed by atoms with van der Waals surface area (Å²) >= 11 is 3.50. The maximum atomic E-state index is 12.1. The van der Waals surface area contributed by atoms with Crippen LogP contribution in [-0.2, 0) is 11.2 Å². The normalized spacial score (nSPS) is 10.8. The minimum absolute atomic E-state index is 0.139.